The van der Waals surface area contributed by atoms with Gasteiger partial charge in [0.05, 0.1) is 29.2 Å². The number of nitro benzene ring substituents is 1. The van der Waals surface area contributed by atoms with E-state index in [2.05, 4.69) is 0 Å². The third-order valence-electron chi connectivity index (χ3n) is 4.22. The Morgan fingerprint density at radius 2 is 2.24 bits per heavy atom. The second-order valence-corrected chi connectivity index (χ2v) is 5.43. The highest BCUT2D eigenvalue weighted by Crippen LogP contribution is 2.32. The highest BCUT2D eigenvalue weighted by atomic mass is 16.6. The van der Waals surface area contributed by atoms with Gasteiger partial charge in [0.2, 0.25) is 0 Å². The van der Waals surface area contributed by atoms with Crippen LogP contribution in [0, 0.1) is 10.1 Å². The molecular weight excluding hydrogens is 274 g/mol. The third kappa shape index (κ3) is 2.44. The maximum absolute atomic E-state index is 12.7. The molecule has 0 spiro atoms. The van der Waals surface area contributed by atoms with Crippen molar-refractivity contribution in [2.24, 2.45) is 0 Å². The number of fused-ring (bicyclic) bond motifs is 1. The van der Waals surface area contributed by atoms with Crippen LogP contribution in [-0.4, -0.2) is 41.0 Å². The molecule has 2 fully saturated rings. The molecule has 1 aromatic rings. The molecule has 112 valence electrons. The number of morpholine rings is 1. The summed E-state index contributed by atoms with van der Waals surface area (Å²) in [6.07, 6.45) is 2.98. The molecule has 3 rings (SSSR count). The minimum absolute atomic E-state index is 0.0601. The van der Waals surface area contributed by atoms with Gasteiger partial charge in [-0.05, 0) is 25.3 Å². The van der Waals surface area contributed by atoms with Crippen molar-refractivity contribution in [2.75, 3.05) is 18.9 Å². The number of anilines is 1. The number of carbonyl (C=O) groups is 1. The SMILES string of the molecule is Nc1ccc([N+](=O)[O-])cc1C(=O)N1CCOC2CCCC21. The zero-order chi connectivity index (χ0) is 15.0. The van der Waals surface area contributed by atoms with E-state index >= 15 is 0 Å². The maximum Gasteiger partial charge on any atom is 0.270 e. The van der Waals surface area contributed by atoms with Crippen molar-refractivity contribution in [3.8, 4) is 0 Å². The molecule has 1 heterocycles. The molecule has 21 heavy (non-hydrogen) atoms. The first-order valence-corrected chi connectivity index (χ1v) is 7.04. The van der Waals surface area contributed by atoms with Crippen molar-refractivity contribution in [2.45, 2.75) is 31.4 Å². The van der Waals surface area contributed by atoms with E-state index in [-0.39, 0.29) is 35.0 Å². The van der Waals surface area contributed by atoms with E-state index in [1.807, 2.05) is 0 Å². The Morgan fingerprint density at radius 3 is 3.00 bits per heavy atom. The lowest BCUT2D eigenvalue weighted by molar-refractivity contribution is -0.384. The first-order valence-electron chi connectivity index (χ1n) is 7.04. The highest BCUT2D eigenvalue weighted by Gasteiger charge is 2.39. The number of benzene rings is 1. The average molecular weight is 291 g/mol. The van der Waals surface area contributed by atoms with E-state index in [4.69, 9.17) is 10.5 Å². The van der Waals surface area contributed by atoms with Gasteiger partial charge in [-0.25, -0.2) is 0 Å². The van der Waals surface area contributed by atoms with E-state index in [9.17, 15) is 14.9 Å². The lowest BCUT2D eigenvalue weighted by Crippen LogP contribution is -2.51. The molecule has 0 aromatic heterocycles. The molecule has 0 radical (unpaired) electrons. The summed E-state index contributed by atoms with van der Waals surface area (Å²) in [4.78, 5) is 24.8. The molecule has 2 atom stereocenters. The van der Waals surface area contributed by atoms with Crippen LogP contribution >= 0.6 is 0 Å². The molecule has 1 saturated carbocycles. The molecule has 7 nitrogen and oxygen atoms in total. The molecule has 2 N–H and O–H groups in total. The number of nitrogen functional groups attached to an aromatic ring is 1. The van der Waals surface area contributed by atoms with Crippen molar-refractivity contribution in [1.29, 1.82) is 0 Å². The van der Waals surface area contributed by atoms with E-state index in [0.29, 0.717) is 13.2 Å². The van der Waals surface area contributed by atoms with Crippen LogP contribution in [0.1, 0.15) is 29.6 Å². The fraction of sp³-hybridized carbons (Fsp3) is 0.500. The van der Waals surface area contributed by atoms with Crippen molar-refractivity contribution in [3.63, 3.8) is 0 Å². The number of rotatable bonds is 2. The molecule has 2 unspecified atom stereocenters. The number of hydrogen-bond donors (Lipinski definition) is 1. The van der Waals surface area contributed by atoms with Crippen LogP contribution in [0.3, 0.4) is 0 Å². The monoisotopic (exact) mass is 291 g/mol. The van der Waals surface area contributed by atoms with Gasteiger partial charge in [-0.1, -0.05) is 0 Å². The minimum Gasteiger partial charge on any atom is -0.398 e. The average Bonchev–Trinajstić information content (AvgIpc) is 2.95. The summed E-state index contributed by atoms with van der Waals surface area (Å²) in [7, 11) is 0. The Hall–Kier alpha value is -2.15. The van der Waals surface area contributed by atoms with Gasteiger partial charge in [0.15, 0.2) is 0 Å². The summed E-state index contributed by atoms with van der Waals surface area (Å²) in [5.41, 5.74) is 6.19. The molecule has 7 heteroatoms. The van der Waals surface area contributed by atoms with Crippen molar-refractivity contribution in [3.05, 3.63) is 33.9 Å². The van der Waals surface area contributed by atoms with Gasteiger partial charge in [0.25, 0.3) is 11.6 Å². The zero-order valence-electron chi connectivity index (χ0n) is 11.5. The van der Waals surface area contributed by atoms with Gasteiger partial charge >= 0.3 is 0 Å². The number of carbonyl (C=O) groups excluding carboxylic acids is 1. The van der Waals surface area contributed by atoms with Crippen molar-refractivity contribution >= 4 is 17.3 Å². The van der Waals surface area contributed by atoms with Crippen molar-refractivity contribution < 1.29 is 14.5 Å². The summed E-state index contributed by atoms with van der Waals surface area (Å²) in [5, 5.41) is 10.9. The summed E-state index contributed by atoms with van der Waals surface area (Å²) < 4.78 is 5.68. The van der Waals surface area contributed by atoms with Crippen LogP contribution in [0.5, 0.6) is 0 Å². The summed E-state index contributed by atoms with van der Waals surface area (Å²) in [6.45, 7) is 1.00. The van der Waals surface area contributed by atoms with E-state index < -0.39 is 4.92 Å². The number of non-ortho nitro benzene ring substituents is 1. The Morgan fingerprint density at radius 1 is 1.43 bits per heavy atom. The standard InChI is InChI=1S/C14H17N3O4/c15-11-5-4-9(17(19)20)8-10(11)14(18)16-6-7-21-13-3-1-2-12(13)16/h4-5,8,12-13H,1-3,6-7,15H2. The van der Waals surface area contributed by atoms with Crippen molar-refractivity contribution in [1.82, 2.24) is 4.90 Å². The molecule has 1 amide bonds. The summed E-state index contributed by atoms with van der Waals surface area (Å²) in [5.74, 6) is -0.239. The Balaban J connectivity index is 1.90. The van der Waals surface area contributed by atoms with Gasteiger partial charge in [-0.2, -0.15) is 0 Å². The van der Waals surface area contributed by atoms with E-state index in [1.165, 1.54) is 18.2 Å². The van der Waals surface area contributed by atoms with Gasteiger partial charge in [0.1, 0.15) is 0 Å². The van der Waals surface area contributed by atoms with Crippen LogP contribution in [0.25, 0.3) is 0 Å². The van der Waals surface area contributed by atoms with Crippen LogP contribution < -0.4 is 5.73 Å². The predicted octanol–water partition coefficient (Wildman–Crippen LogP) is 1.57. The molecule has 1 aliphatic heterocycles. The first-order chi connectivity index (χ1) is 10.1. The zero-order valence-corrected chi connectivity index (χ0v) is 11.5. The maximum atomic E-state index is 12.7. The van der Waals surface area contributed by atoms with Crippen LogP contribution in [0.15, 0.2) is 18.2 Å². The van der Waals surface area contributed by atoms with Gasteiger partial charge < -0.3 is 15.4 Å². The smallest absolute Gasteiger partial charge is 0.270 e. The second-order valence-electron chi connectivity index (χ2n) is 5.43. The topological polar surface area (TPSA) is 98.7 Å². The molecule has 2 aliphatic rings. The number of nitrogens with zero attached hydrogens (tertiary/aromatic N) is 2. The second kappa shape index (κ2) is 5.33. The lowest BCUT2D eigenvalue weighted by atomic mass is 10.1. The molecule has 1 aromatic carbocycles. The minimum atomic E-state index is -0.520. The van der Waals surface area contributed by atoms with E-state index in [1.54, 1.807) is 4.90 Å². The number of amides is 1. The lowest BCUT2D eigenvalue weighted by Gasteiger charge is -2.37. The Bertz CT molecular complexity index is 590. The Kier molecular flexibility index (Phi) is 3.50. The van der Waals surface area contributed by atoms with Crippen LogP contribution in [-0.2, 0) is 4.74 Å². The molecular formula is C14H17N3O4. The number of nitrogens with two attached hydrogens (primary N) is 1. The van der Waals surface area contributed by atoms with Gasteiger partial charge in [-0.3, -0.25) is 14.9 Å². The fourth-order valence-electron chi connectivity index (χ4n) is 3.18. The van der Waals surface area contributed by atoms with Gasteiger partial charge in [-0.15, -0.1) is 0 Å². The predicted molar refractivity (Wildman–Crippen MR) is 75.9 cm³/mol. The molecule has 0 bridgehead atoms. The number of ether oxygens (including phenoxy) is 1. The molecule has 1 saturated heterocycles. The summed E-state index contributed by atoms with van der Waals surface area (Å²) in [6, 6.07) is 4.05. The van der Waals surface area contributed by atoms with E-state index in [0.717, 1.165) is 19.3 Å². The molecule has 1 aliphatic carbocycles. The summed E-state index contributed by atoms with van der Waals surface area (Å²) >= 11 is 0. The normalized spacial score (nSPS) is 24.7. The third-order valence-corrected chi connectivity index (χ3v) is 4.22. The van der Waals surface area contributed by atoms with Gasteiger partial charge in [0, 0.05) is 24.4 Å². The first kappa shape index (κ1) is 13.8. The highest BCUT2D eigenvalue weighted by molar-refractivity contribution is 6.00. The van der Waals surface area contributed by atoms with Crippen LogP contribution in [0.2, 0.25) is 0 Å². The number of nitro groups is 1. The largest absolute Gasteiger partial charge is 0.398 e. The Labute approximate surface area is 121 Å². The fourth-order valence-corrected chi connectivity index (χ4v) is 3.18. The quantitative estimate of drug-likeness (QED) is 0.506. The van der Waals surface area contributed by atoms with Crippen LogP contribution in [0.4, 0.5) is 11.4 Å². The number of hydrogen-bond acceptors (Lipinski definition) is 5.